The molecule has 48 valence electrons. The fourth-order valence-corrected chi connectivity index (χ4v) is 1.44. The van der Waals surface area contributed by atoms with Gasteiger partial charge in [0.25, 0.3) is 0 Å². The molecule has 1 nitrogen and oxygen atoms in total. The van der Waals surface area contributed by atoms with E-state index in [9.17, 15) is 0 Å². The molecule has 1 fully saturated rings. The zero-order valence-electron chi connectivity index (χ0n) is 6.07. The van der Waals surface area contributed by atoms with Crippen LogP contribution in [0.3, 0.4) is 0 Å². The number of quaternary nitrogens is 1. The van der Waals surface area contributed by atoms with E-state index in [4.69, 9.17) is 0 Å². The van der Waals surface area contributed by atoms with Gasteiger partial charge in [-0.1, -0.05) is 0 Å². The van der Waals surface area contributed by atoms with Gasteiger partial charge < -0.3 is 4.90 Å². The van der Waals surface area contributed by atoms with Crippen molar-refractivity contribution in [3.8, 4) is 0 Å². The van der Waals surface area contributed by atoms with Crippen molar-refractivity contribution < 1.29 is 4.90 Å². The highest BCUT2D eigenvalue weighted by Crippen LogP contribution is 2.03. The second-order valence-corrected chi connectivity index (χ2v) is 3.12. The Morgan fingerprint density at radius 3 is 1.62 bits per heavy atom. The van der Waals surface area contributed by atoms with Crippen LogP contribution in [0.2, 0.25) is 0 Å². The minimum atomic E-state index is 0.907. The molecule has 8 heavy (non-hydrogen) atoms. The maximum atomic E-state index is 2.33. The Morgan fingerprint density at radius 1 is 1.12 bits per heavy atom. The van der Waals surface area contributed by atoms with Gasteiger partial charge in [0.15, 0.2) is 0 Å². The molecule has 2 unspecified atom stereocenters. The van der Waals surface area contributed by atoms with Crippen molar-refractivity contribution >= 4 is 0 Å². The van der Waals surface area contributed by atoms with Gasteiger partial charge in [-0.25, -0.2) is 0 Å². The Morgan fingerprint density at radius 2 is 1.50 bits per heavy atom. The SMILES string of the molecule is CC1CCC(C)[NH+]1C. The van der Waals surface area contributed by atoms with Crippen LogP contribution in [-0.2, 0) is 0 Å². The average Bonchev–Trinajstić information content (AvgIpc) is 1.98. The number of rotatable bonds is 0. The number of nitrogens with one attached hydrogen (secondary N) is 1. The molecule has 1 aliphatic heterocycles. The highest BCUT2D eigenvalue weighted by atomic mass is 15.2. The van der Waals surface area contributed by atoms with E-state index in [1.165, 1.54) is 12.8 Å². The van der Waals surface area contributed by atoms with Crippen LogP contribution in [-0.4, -0.2) is 19.1 Å². The summed E-state index contributed by atoms with van der Waals surface area (Å²) in [6.45, 7) is 4.66. The van der Waals surface area contributed by atoms with Crippen LogP contribution in [0.5, 0.6) is 0 Å². The summed E-state index contributed by atoms with van der Waals surface area (Å²) < 4.78 is 0. The van der Waals surface area contributed by atoms with Crippen molar-refractivity contribution in [1.29, 1.82) is 0 Å². The van der Waals surface area contributed by atoms with Crippen molar-refractivity contribution in [1.82, 2.24) is 0 Å². The Labute approximate surface area is 51.7 Å². The van der Waals surface area contributed by atoms with Crippen molar-refractivity contribution in [2.45, 2.75) is 38.8 Å². The largest absolute Gasteiger partial charge is 0.333 e. The Balaban J connectivity index is 2.44. The van der Waals surface area contributed by atoms with Crippen LogP contribution >= 0.6 is 0 Å². The smallest absolute Gasteiger partial charge is 0.0848 e. The normalized spacial score (nSPS) is 47.6. The standard InChI is InChI=1S/C7H15N/c1-6-4-5-7(2)8(6)3/h6-7H,4-5H2,1-3H3/p+1. The lowest BCUT2D eigenvalue weighted by Gasteiger charge is -2.15. The molecule has 1 heteroatoms. The van der Waals surface area contributed by atoms with E-state index in [1.807, 2.05) is 0 Å². The van der Waals surface area contributed by atoms with Crippen LogP contribution in [0.1, 0.15) is 26.7 Å². The Bertz CT molecular complexity index is 70.5. The Kier molecular flexibility index (Phi) is 1.57. The molecule has 0 aromatic heterocycles. The first-order chi connectivity index (χ1) is 3.72. The lowest BCUT2D eigenvalue weighted by Crippen LogP contribution is -3.13. The van der Waals surface area contributed by atoms with Crippen LogP contribution in [0.25, 0.3) is 0 Å². The summed E-state index contributed by atoms with van der Waals surface area (Å²) in [5, 5.41) is 0. The fourth-order valence-electron chi connectivity index (χ4n) is 1.44. The van der Waals surface area contributed by atoms with Crippen molar-refractivity contribution in [2.24, 2.45) is 0 Å². The molecule has 0 aromatic rings. The van der Waals surface area contributed by atoms with Crippen molar-refractivity contribution in [3.05, 3.63) is 0 Å². The third kappa shape index (κ3) is 0.873. The molecular formula is C7H16N+. The maximum Gasteiger partial charge on any atom is 0.0848 e. The number of hydrogen-bond acceptors (Lipinski definition) is 0. The third-order valence-corrected chi connectivity index (χ3v) is 2.59. The third-order valence-electron chi connectivity index (χ3n) is 2.59. The lowest BCUT2D eigenvalue weighted by atomic mass is 10.2. The zero-order valence-corrected chi connectivity index (χ0v) is 6.07. The maximum absolute atomic E-state index is 2.33. The molecule has 1 heterocycles. The summed E-state index contributed by atoms with van der Waals surface area (Å²) in [4.78, 5) is 1.71. The van der Waals surface area contributed by atoms with Gasteiger partial charge in [-0.3, -0.25) is 0 Å². The van der Waals surface area contributed by atoms with E-state index in [2.05, 4.69) is 20.9 Å². The first-order valence-electron chi connectivity index (χ1n) is 3.55. The minimum absolute atomic E-state index is 0.907. The summed E-state index contributed by atoms with van der Waals surface area (Å²) in [6.07, 6.45) is 2.85. The van der Waals surface area contributed by atoms with Gasteiger partial charge >= 0.3 is 0 Å². The summed E-state index contributed by atoms with van der Waals surface area (Å²) >= 11 is 0. The van der Waals surface area contributed by atoms with Crippen molar-refractivity contribution in [3.63, 3.8) is 0 Å². The highest BCUT2D eigenvalue weighted by molar-refractivity contribution is 4.61. The Hall–Kier alpha value is -0.0400. The number of hydrogen-bond donors (Lipinski definition) is 1. The van der Waals surface area contributed by atoms with Crippen LogP contribution in [0.4, 0.5) is 0 Å². The summed E-state index contributed by atoms with van der Waals surface area (Å²) in [7, 11) is 2.29. The number of likely N-dealkylation sites (tertiary alicyclic amines) is 1. The summed E-state index contributed by atoms with van der Waals surface area (Å²) in [5.74, 6) is 0. The first-order valence-corrected chi connectivity index (χ1v) is 3.55. The molecule has 0 bridgehead atoms. The van der Waals surface area contributed by atoms with E-state index in [1.54, 1.807) is 4.90 Å². The molecule has 0 radical (unpaired) electrons. The summed E-state index contributed by atoms with van der Waals surface area (Å²) in [6, 6.07) is 1.81. The molecule has 1 aliphatic rings. The summed E-state index contributed by atoms with van der Waals surface area (Å²) in [5.41, 5.74) is 0. The molecule has 1 N–H and O–H groups in total. The monoisotopic (exact) mass is 114 g/mol. The highest BCUT2D eigenvalue weighted by Gasteiger charge is 2.26. The van der Waals surface area contributed by atoms with E-state index in [-0.39, 0.29) is 0 Å². The minimum Gasteiger partial charge on any atom is -0.333 e. The average molecular weight is 114 g/mol. The van der Waals surface area contributed by atoms with Gasteiger partial charge in [0.1, 0.15) is 0 Å². The van der Waals surface area contributed by atoms with E-state index in [0.29, 0.717) is 0 Å². The molecule has 1 saturated heterocycles. The molecule has 2 atom stereocenters. The van der Waals surface area contributed by atoms with Crippen LogP contribution in [0, 0.1) is 0 Å². The van der Waals surface area contributed by atoms with Crippen LogP contribution < -0.4 is 4.90 Å². The first kappa shape index (κ1) is 6.09. The molecule has 0 aliphatic carbocycles. The van der Waals surface area contributed by atoms with Crippen LogP contribution in [0.15, 0.2) is 0 Å². The van der Waals surface area contributed by atoms with Gasteiger partial charge in [-0.2, -0.15) is 0 Å². The second kappa shape index (κ2) is 2.06. The molecular weight excluding hydrogens is 98.1 g/mol. The zero-order chi connectivity index (χ0) is 6.15. The van der Waals surface area contributed by atoms with Gasteiger partial charge in [-0.15, -0.1) is 0 Å². The fraction of sp³-hybridized carbons (Fsp3) is 1.00. The van der Waals surface area contributed by atoms with E-state index >= 15 is 0 Å². The van der Waals surface area contributed by atoms with E-state index < -0.39 is 0 Å². The predicted octanol–water partition coefficient (Wildman–Crippen LogP) is 0.0719. The molecule has 0 aromatic carbocycles. The van der Waals surface area contributed by atoms with Gasteiger partial charge in [0.2, 0.25) is 0 Å². The second-order valence-electron chi connectivity index (χ2n) is 3.12. The predicted molar refractivity (Wildman–Crippen MR) is 35.0 cm³/mol. The van der Waals surface area contributed by atoms with E-state index in [0.717, 1.165) is 12.1 Å². The quantitative estimate of drug-likeness (QED) is 0.454. The van der Waals surface area contributed by atoms with Gasteiger partial charge in [0.05, 0.1) is 19.1 Å². The topological polar surface area (TPSA) is 4.44 Å². The molecule has 0 spiro atoms. The molecule has 0 amide bonds. The van der Waals surface area contributed by atoms with Gasteiger partial charge in [0, 0.05) is 12.8 Å². The molecule has 0 saturated carbocycles. The molecule has 1 rings (SSSR count). The van der Waals surface area contributed by atoms with Crippen molar-refractivity contribution in [2.75, 3.05) is 7.05 Å². The lowest BCUT2D eigenvalue weighted by molar-refractivity contribution is -0.912. The van der Waals surface area contributed by atoms with Gasteiger partial charge in [-0.05, 0) is 13.8 Å².